The summed E-state index contributed by atoms with van der Waals surface area (Å²) in [6.45, 7) is 3.83. The lowest BCUT2D eigenvalue weighted by molar-refractivity contribution is 0.653. The van der Waals surface area contributed by atoms with Gasteiger partial charge in [0.05, 0.1) is 5.92 Å². The quantitative estimate of drug-likeness (QED) is 0.324. The summed E-state index contributed by atoms with van der Waals surface area (Å²) in [4.78, 5) is 8.02. The number of aldehydes is 1. The molecule has 0 aliphatic rings. The Morgan fingerprint density at radius 1 is 1.60 bits per heavy atom. The number of hydrogen-bond acceptors (Lipinski definition) is 0. The van der Waals surface area contributed by atoms with E-state index >= 15 is 0 Å². The van der Waals surface area contributed by atoms with E-state index in [1.165, 1.54) is 6.29 Å². The van der Waals surface area contributed by atoms with Crippen LogP contribution in [0, 0.1) is 5.92 Å². The molecule has 0 fully saturated rings. The van der Waals surface area contributed by atoms with Crippen LogP contribution in [0.2, 0.25) is 0 Å². The maximum atomic E-state index is 8.02. The summed E-state index contributed by atoms with van der Waals surface area (Å²) in [6.07, 6.45) is 1.17. The van der Waals surface area contributed by atoms with Gasteiger partial charge < -0.3 is 0 Å². The average Bonchev–Trinajstić information content (AvgIpc) is 1.38. The van der Waals surface area contributed by atoms with E-state index in [1.807, 2.05) is 13.8 Å². The smallest absolute Gasteiger partial charge is 0.284 e. The van der Waals surface area contributed by atoms with Gasteiger partial charge >= 0.3 is 0 Å². The van der Waals surface area contributed by atoms with Gasteiger partial charge in [0.15, 0.2) is 0 Å². The minimum Gasteiger partial charge on any atom is -0.287 e. The zero-order valence-corrected chi connectivity index (χ0v) is 3.60. The van der Waals surface area contributed by atoms with Gasteiger partial charge in [0.1, 0.15) is 0 Å². The Morgan fingerprint density at radius 2 is 1.80 bits per heavy atom. The monoisotopic (exact) mass is 73.1 g/mol. The Labute approximate surface area is 32.0 Å². The molecule has 0 aliphatic heterocycles. The third-order valence-electron chi connectivity index (χ3n) is 0.298. The first-order chi connectivity index (χ1) is 2.27. The summed E-state index contributed by atoms with van der Waals surface area (Å²) >= 11 is 0. The molecule has 0 amide bonds. The fourth-order valence-electron chi connectivity index (χ4n) is 0. The van der Waals surface area contributed by atoms with E-state index in [1.54, 1.807) is 0 Å². The molecular formula is C4H9O+. The molecule has 0 aromatic rings. The lowest BCUT2D eigenvalue weighted by atomic mass is 10.3. The minimum atomic E-state index is 0.315. The first kappa shape index (κ1) is 4.67. The van der Waals surface area contributed by atoms with Crippen molar-refractivity contribution in [3.63, 3.8) is 0 Å². The highest BCUT2D eigenvalue weighted by Gasteiger charge is 1.86. The zero-order chi connectivity index (χ0) is 4.28. The molecule has 0 aliphatic carbocycles. The molecule has 0 aromatic heterocycles. The first-order valence-corrected chi connectivity index (χ1v) is 1.75. The number of carbonyl (C=O) groups excluding carboxylic acids is 1. The molecule has 0 unspecified atom stereocenters. The highest BCUT2D eigenvalue weighted by molar-refractivity contribution is 5.53. The molecule has 1 heteroatoms. The first-order valence-electron chi connectivity index (χ1n) is 1.75. The standard InChI is InChI=1S/C4H8O/c1-4(2)3-5/h3-4H,1-2H3/p+1. The van der Waals surface area contributed by atoms with Crippen molar-refractivity contribution in [2.75, 3.05) is 0 Å². The fourth-order valence-corrected chi connectivity index (χ4v) is 0. The van der Waals surface area contributed by atoms with E-state index in [2.05, 4.69) is 0 Å². The molecule has 1 nitrogen and oxygen atoms in total. The van der Waals surface area contributed by atoms with Gasteiger partial charge in [-0.1, -0.05) is 13.8 Å². The van der Waals surface area contributed by atoms with Crippen molar-refractivity contribution in [3.05, 3.63) is 0 Å². The van der Waals surface area contributed by atoms with Crippen molar-refractivity contribution in [2.24, 2.45) is 5.92 Å². The van der Waals surface area contributed by atoms with Gasteiger partial charge in [0.25, 0.3) is 6.29 Å². The molecule has 0 radical (unpaired) electrons. The predicted molar refractivity (Wildman–Crippen MR) is 22.8 cm³/mol. The maximum Gasteiger partial charge on any atom is 0.284 e. The van der Waals surface area contributed by atoms with Gasteiger partial charge in [-0.3, -0.25) is 4.79 Å². The molecule has 0 heterocycles. The van der Waals surface area contributed by atoms with E-state index < -0.39 is 0 Å². The second-order valence-electron chi connectivity index (χ2n) is 1.39. The summed E-state index contributed by atoms with van der Waals surface area (Å²) in [5, 5.41) is 0. The van der Waals surface area contributed by atoms with Crippen LogP contribution in [0.25, 0.3) is 0 Å². The molecule has 30 valence electrons. The summed E-state index contributed by atoms with van der Waals surface area (Å²) in [7, 11) is 0. The second-order valence-corrected chi connectivity index (χ2v) is 1.39. The predicted octanol–water partition coefficient (Wildman–Crippen LogP) is 0.817. The van der Waals surface area contributed by atoms with Crippen LogP contribution in [-0.4, -0.2) is 11.1 Å². The van der Waals surface area contributed by atoms with Crippen LogP contribution in [0.5, 0.6) is 0 Å². The van der Waals surface area contributed by atoms with E-state index in [-0.39, 0.29) is 0 Å². The van der Waals surface area contributed by atoms with Crippen molar-refractivity contribution in [2.45, 2.75) is 13.8 Å². The number of rotatable bonds is 1. The SMILES string of the molecule is CC(C)C=[OH+]. The summed E-state index contributed by atoms with van der Waals surface area (Å²) in [6, 6.07) is 0. The van der Waals surface area contributed by atoms with Crippen LogP contribution in [0.3, 0.4) is 0 Å². The van der Waals surface area contributed by atoms with Crippen LogP contribution in [0.15, 0.2) is 0 Å². The highest BCUT2D eigenvalue weighted by atomic mass is 16.1. The van der Waals surface area contributed by atoms with Gasteiger partial charge in [-0.05, 0) is 0 Å². The van der Waals surface area contributed by atoms with Crippen molar-refractivity contribution in [1.29, 1.82) is 0 Å². The molecule has 0 rings (SSSR count). The lowest BCUT2D eigenvalue weighted by Gasteiger charge is -1.73. The third-order valence-corrected chi connectivity index (χ3v) is 0.298. The summed E-state index contributed by atoms with van der Waals surface area (Å²) in [5.74, 6) is 0.315. The summed E-state index contributed by atoms with van der Waals surface area (Å²) in [5.41, 5.74) is 0. The number of hydrogen-bond donors (Lipinski definition) is 0. The Morgan fingerprint density at radius 3 is 1.80 bits per heavy atom. The van der Waals surface area contributed by atoms with Crippen LogP contribution in [0.4, 0.5) is 0 Å². The molecule has 5 heavy (non-hydrogen) atoms. The third kappa shape index (κ3) is 3.67. The molecule has 0 bridgehead atoms. The fraction of sp³-hybridized carbons (Fsp3) is 0.750. The van der Waals surface area contributed by atoms with Crippen molar-refractivity contribution >= 4 is 6.29 Å². The van der Waals surface area contributed by atoms with Gasteiger partial charge in [-0.15, -0.1) is 0 Å². The Bertz CT molecular complexity index is 30.6. The molecule has 1 N–H and O–H groups in total. The maximum absolute atomic E-state index is 8.02. The van der Waals surface area contributed by atoms with E-state index in [4.69, 9.17) is 4.79 Å². The Hall–Kier alpha value is -0.330. The van der Waals surface area contributed by atoms with Gasteiger partial charge in [-0.25, -0.2) is 0 Å². The van der Waals surface area contributed by atoms with Crippen LogP contribution >= 0.6 is 0 Å². The molecule has 0 saturated carbocycles. The Balaban J connectivity index is 2.83. The highest BCUT2D eigenvalue weighted by Crippen LogP contribution is 1.78. The molecule has 0 saturated heterocycles. The van der Waals surface area contributed by atoms with Crippen LogP contribution in [-0.2, 0) is 0 Å². The zero-order valence-electron chi connectivity index (χ0n) is 3.60. The Kier molecular flexibility index (Phi) is 1.81. The molecule has 0 atom stereocenters. The summed E-state index contributed by atoms with van der Waals surface area (Å²) < 4.78 is 0. The molecule has 0 spiro atoms. The van der Waals surface area contributed by atoms with Gasteiger partial charge in [-0.2, -0.15) is 0 Å². The van der Waals surface area contributed by atoms with Crippen LogP contribution < -0.4 is 0 Å². The van der Waals surface area contributed by atoms with Crippen LogP contribution in [0.1, 0.15) is 13.8 Å². The van der Waals surface area contributed by atoms with Gasteiger partial charge in [0.2, 0.25) is 0 Å². The molecule has 0 aromatic carbocycles. The molecular weight excluding hydrogens is 64.0 g/mol. The average molecular weight is 73.1 g/mol. The van der Waals surface area contributed by atoms with Crippen molar-refractivity contribution in [1.82, 2.24) is 0 Å². The largest absolute Gasteiger partial charge is 0.287 e. The van der Waals surface area contributed by atoms with Gasteiger partial charge in [0, 0.05) is 0 Å². The van der Waals surface area contributed by atoms with Crippen molar-refractivity contribution in [3.8, 4) is 0 Å². The second kappa shape index (κ2) is 1.94. The van der Waals surface area contributed by atoms with E-state index in [0.717, 1.165) is 0 Å². The van der Waals surface area contributed by atoms with Crippen molar-refractivity contribution < 1.29 is 4.79 Å². The van der Waals surface area contributed by atoms with E-state index in [0.29, 0.717) is 5.92 Å². The normalized spacial score (nSPS) is 8.60. The van der Waals surface area contributed by atoms with E-state index in [9.17, 15) is 0 Å². The minimum absolute atomic E-state index is 0.315. The topological polar surface area (TPSA) is 21.4 Å². The lowest BCUT2D eigenvalue weighted by Crippen LogP contribution is -1.83.